The average molecular weight is 358 g/mol. The summed E-state index contributed by atoms with van der Waals surface area (Å²) in [5.74, 6) is -0.752. The van der Waals surface area contributed by atoms with Gasteiger partial charge in [0.05, 0.1) is 17.3 Å². The molecule has 0 atom stereocenters. The largest absolute Gasteiger partial charge is 0.461 e. The molecule has 0 aliphatic heterocycles. The molecule has 0 fully saturated rings. The molecule has 2 aromatic rings. The summed E-state index contributed by atoms with van der Waals surface area (Å²) in [7, 11) is 0. The number of benzene rings is 1. The van der Waals surface area contributed by atoms with Gasteiger partial charge in [0.15, 0.2) is 0 Å². The molecule has 2 rings (SSSR count). The molecule has 1 aromatic carbocycles. The Morgan fingerprint density at radius 2 is 2.20 bits per heavy atom. The highest BCUT2D eigenvalue weighted by Crippen LogP contribution is 2.23. The monoisotopic (exact) mass is 356 g/mol. The Morgan fingerprint density at radius 3 is 2.90 bits per heavy atom. The van der Waals surface area contributed by atoms with Crippen molar-refractivity contribution in [3.8, 4) is 5.69 Å². The first kappa shape index (κ1) is 14.7. The molecule has 0 spiro atoms. The number of esters is 1. The number of hydrogen-bond acceptors (Lipinski definition) is 4. The Morgan fingerprint density at radius 1 is 1.45 bits per heavy atom. The number of ether oxygens (including phenoxy) is 1. The van der Waals surface area contributed by atoms with Crippen molar-refractivity contribution in [3.05, 3.63) is 55.9 Å². The molecule has 7 heteroatoms. The first-order valence-electron chi connectivity index (χ1n) is 5.75. The maximum Gasteiger partial charge on any atom is 0.362 e. The Bertz CT molecular complexity index is 715. The number of halogens is 2. The first-order chi connectivity index (χ1) is 9.52. The summed E-state index contributed by atoms with van der Waals surface area (Å²) >= 11 is 9.41. The summed E-state index contributed by atoms with van der Waals surface area (Å²) in [4.78, 5) is 23.3. The summed E-state index contributed by atoms with van der Waals surface area (Å²) in [6.07, 6.45) is 1.44. The summed E-state index contributed by atoms with van der Waals surface area (Å²) in [6.45, 7) is 1.83. The van der Waals surface area contributed by atoms with Gasteiger partial charge in [0.1, 0.15) is 0 Å². The van der Waals surface area contributed by atoms with Crippen LogP contribution in [-0.2, 0) is 4.74 Å². The lowest BCUT2D eigenvalue weighted by Crippen LogP contribution is -2.22. The van der Waals surface area contributed by atoms with Gasteiger partial charge in [0.25, 0.3) is 0 Å². The molecule has 0 saturated carbocycles. The Labute approximate surface area is 128 Å². The predicted octanol–water partition coefficient (Wildman–Crippen LogP) is 2.83. The van der Waals surface area contributed by atoms with Crippen molar-refractivity contribution in [3.63, 3.8) is 0 Å². The molecule has 1 heterocycles. The van der Waals surface area contributed by atoms with E-state index in [0.29, 0.717) is 10.7 Å². The minimum absolute atomic E-state index is 0.173. The van der Waals surface area contributed by atoms with Crippen LogP contribution < -0.4 is 5.43 Å². The van der Waals surface area contributed by atoms with Gasteiger partial charge in [-0.15, -0.1) is 0 Å². The lowest BCUT2D eigenvalue weighted by molar-refractivity contribution is 0.0515. The molecule has 1 aromatic heterocycles. The fourth-order valence-corrected chi connectivity index (χ4v) is 2.10. The zero-order valence-electron chi connectivity index (χ0n) is 10.5. The molecule has 0 aliphatic rings. The Hall–Kier alpha value is -1.66. The van der Waals surface area contributed by atoms with Crippen LogP contribution in [0.2, 0.25) is 5.02 Å². The van der Waals surface area contributed by atoms with E-state index in [0.717, 1.165) is 4.47 Å². The molecule has 0 unspecified atom stereocenters. The van der Waals surface area contributed by atoms with E-state index in [2.05, 4.69) is 21.0 Å². The number of nitrogens with zero attached hydrogens (tertiary/aromatic N) is 2. The lowest BCUT2D eigenvalue weighted by Gasteiger charge is -2.09. The van der Waals surface area contributed by atoms with Crippen LogP contribution in [0.4, 0.5) is 0 Å². The van der Waals surface area contributed by atoms with Crippen molar-refractivity contribution in [1.29, 1.82) is 0 Å². The van der Waals surface area contributed by atoms with Crippen LogP contribution in [0.15, 0.2) is 39.7 Å². The van der Waals surface area contributed by atoms with Crippen LogP contribution in [-0.4, -0.2) is 22.4 Å². The second-order valence-corrected chi connectivity index (χ2v) is 5.11. The van der Waals surface area contributed by atoms with Gasteiger partial charge in [-0.3, -0.25) is 4.79 Å². The van der Waals surface area contributed by atoms with E-state index < -0.39 is 11.4 Å². The van der Waals surface area contributed by atoms with Gasteiger partial charge >= 0.3 is 5.97 Å². The second-order valence-electron chi connectivity index (χ2n) is 3.79. The van der Waals surface area contributed by atoms with Gasteiger partial charge in [0, 0.05) is 16.7 Å². The summed E-state index contributed by atoms with van der Waals surface area (Å²) in [5.41, 5.74) is -0.220. The Balaban J connectivity index is 2.54. The van der Waals surface area contributed by atoms with E-state index >= 15 is 0 Å². The number of rotatable bonds is 3. The number of aromatic nitrogens is 2. The topological polar surface area (TPSA) is 61.2 Å². The zero-order valence-corrected chi connectivity index (χ0v) is 12.8. The summed E-state index contributed by atoms with van der Waals surface area (Å²) in [5, 5.41) is 4.43. The van der Waals surface area contributed by atoms with E-state index in [1.807, 2.05) is 0 Å². The normalized spacial score (nSPS) is 10.3. The summed E-state index contributed by atoms with van der Waals surface area (Å²) in [6, 6.07) is 6.44. The van der Waals surface area contributed by atoms with E-state index in [4.69, 9.17) is 16.3 Å². The van der Waals surface area contributed by atoms with E-state index in [1.165, 1.54) is 16.9 Å². The van der Waals surface area contributed by atoms with Gasteiger partial charge in [-0.25, -0.2) is 9.48 Å². The fraction of sp³-hybridized carbons (Fsp3) is 0.154. The van der Waals surface area contributed by atoms with Crippen molar-refractivity contribution in [2.75, 3.05) is 6.61 Å². The maximum absolute atomic E-state index is 11.7. The van der Waals surface area contributed by atoms with Crippen molar-refractivity contribution in [1.82, 2.24) is 9.78 Å². The smallest absolute Gasteiger partial charge is 0.362 e. The number of carbonyl (C=O) groups is 1. The average Bonchev–Trinajstić information content (AvgIpc) is 2.42. The van der Waals surface area contributed by atoms with Crippen LogP contribution in [0.5, 0.6) is 0 Å². The SMILES string of the molecule is CCOC(=O)c1nn(-c2cc(Br)ccc2Cl)ccc1=O. The van der Waals surface area contributed by atoms with Crippen molar-refractivity contribution in [2.24, 2.45) is 0 Å². The molecule has 0 amide bonds. The minimum atomic E-state index is -0.752. The van der Waals surface area contributed by atoms with Crippen LogP contribution >= 0.6 is 27.5 Å². The molecule has 0 bridgehead atoms. The lowest BCUT2D eigenvalue weighted by atomic mass is 10.3. The zero-order chi connectivity index (χ0) is 14.7. The quantitative estimate of drug-likeness (QED) is 0.793. The minimum Gasteiger partial charge on any atom is -0.461 e. The highest BCUT2D eigenvalue weighted by molar-refractivity contribution is 9.10. The molecule has 5 nitrogen and oxygen atoms in total. The highest BCUT2D eigenvalue weighted by Gasteiger charge is 2.15. The van der Waals surface area contributed by atoms with E-state index in [9.17, 15) is 9.59 Å². The first-order valence-corrected chi connectivity index (χ1v) is 6.92. The highest BCUT2D eigenvalue weighted by atomic mass is 79.9. The van der Waals surface area contributed by atoms with Crippen molar-refractivity contribution < 1.29 is 9.53 Å². The fourth-order valence-electron chi connectivity index (χ4n) is 1.54. The van der Waals surface area contributed by atoms with Crippen LogP contribution in [0.3, 0.4) is 0 Å². The molecular weight excluding hydrogens is 348 g/mol. The molecule has 0 saturated heterocycles. The van der Waals surface area contributed by atoms with E-state index in [-0.39, 0.29) is 12.3 Å². The van der Waals surface area contributed by atoms with Crippen molar-refractivity contribution in [2.45, 2.75) is 6.92 Å². The van der Waals surface area contributed by atoms with Crippen LogP contribution in [0, 0.1) is 0 Å². The third-order valence-corrected chi connectivity index (χ3v) is 3.24. The van der Waals surface area contributed by atoms with Crippen LogP contribution in [0.1, 0.15) is 17.4 Å². The Kier molecular flexibility index (Phi) is 4.57. The van der Waals surface area contributed by atoms with Gasteiger partial charge < -0.3 is 4.74 Å². The van der Waals surface area contributed by atoms with Gasteiger partial charge in [-0.2, -0.15) is 5.10 Å². The van der Waals surface area contributed by atoms with Gasteiger partial charge in [-0.05, 0) is 25.1 Å². The summed E-state index contributed by atoms with van der Waals surface area (Å²) < 4.78 is 6.96. The molecule has 104 valence electrons. The molecule has 0 radical (unpaired) electrons. The second kappa shape index (κ2) is 6.19. The molecule has 0 N–H and O–H groups in total. The maximum atomic E-state index is 11.7. The molecular formula is C13H10BrClN2O3. The van der Waals surface area contributed by atoms with Gasteiger partial charge in [-0.1, -0.05) is 27.5 Å². The predicted molar refractivity (Wildman–Crippen MR) is 78.5 cm³/mol. The van der Waals surface area contributed by atoms with Crippen molar-refractivity contribution >= 4 is 33.5 Å². The van der Waals surface area contributed by atoms with E-state index in [1.54, 1.807) is 25.1 Å². The standard InChI is InChI=1S/C13H10BrClN2O3/c1-2-20-13(19)12-11(18)5-6-17(16-12)10-7-8(14)3-4-9(10)15/h3-7H,2H2,1H3. The molecule has 0 aliphatic carbocycles. The van der Waals surface area contributed by atoms with Gasteiger partial charge in [0.2, 0.25) is 11.1 Å². The number of carbonyl (C=O) groups excluding carboxylic acids is 1. The third kappa shape index (κ3) is 3.08. The van der Waals surface area contributed by atoms with Crippen LogP contribution in [0.25, 0.3) is 5.69 Å². The third-order valence-electron chi connectivity index (χ3n) is 2.43. The molecule has 20 heavy (non-hydrogen) atoms. The number of hydrogen-bond donors (Lipinski definition) is 0.